The van der Waals surface area contributed by atoms with Crippen LogP contribution in [-0.4, -0.2) is 42.7 Å². The number of hydrogen-bond acceptors (Lipinski definition) is 4. The van der Waals surface area contributed by atoms with Gasteiger partial charge in [0.2, 0.25) is 5.89 Å². The first-order valence-corrected chi connectivity index (χ1v) is 9.16. The van der Waals surface area contributed by atoms with Gasteiger partial charge in [-0.2, -0.15) is 17.0 Å². The molecular weight excluding hydrogens is 333 g/mol. The standard InChI is InChI=1S/C16H20FN3O3S/c1-19(2)24(21,22)20-8-4-7-15(20)16-18-11-14(23-16)10-12-5-3-6-13(17)9-12/h3,5-6,9,11,15H,4,7-8,10H2,1-2H3/t15-/m1/s1. The van der Waals surface area contributed by atoms with Crippen LogP contribution in [0.2, 0.25) is 0 Å². The highest BCUT2D eigenvalue weighted by molar-refractivity contribution is 7.86. The Morgan fingerprint density at radius 3 is 2.92 bits per heavy atom. The molecule has 1 aromatic heterocycles. The fourth-order valence-electron chi connectivity index (χ4n) is 2.88. The zero-order valence-electron chi connectivity index (χ0n) is 13.6. The summed E-state index contributed by atoms with van der Waals surface area (Å²) in [6.07, 6.45) is 3.43. The van der Waals surface area contributed by atoms with Gasteiger partial charge in [-0.3, -0.25) is 0 Å². The van der Waals surface area contributed by atoms with Crippen LogP contribution in [0.15, 0.2) is 34.9 Å². The van der Waals surface area contributed by atoms with Gasteiger partial charge in [-0.05, 0) is 30.5 Å². The number of aromatic nitrogens is 1. The van der Waals surface area contributed by atoms with E-state index >= 15 is 0 Å². The van der Waals surface area contributed by atoms with Crippen molar-refractivity contribution in [2.45, 2.75) is 25.3 Å². The van der Waals surface area contributed by atoms with Gasteiger partial charge in [-0.25, -0.2) is 9.37 Å². The van der Waals surface area contributed by atoms with Crippen molar-refractivity contribution in [2.75, 3.05) is 20.6 Å². The lowest BCUT2D eigenvalue weighted by Crippen LogP contribution is -2.39. The molecule has 2 heterocycles. The molecule has 1 aromatic carbocycles. The molecular formula is C16H20FN3O3S. The summed E-state index contributed by atoms with van der Waals surface area (Å²) in [7, 11) is -0.493. The van der Waals surface area contributed by atoms with Gasteiger partial charge in [0.15, 0.2) is 0 Å². The maximum atomic E-state index is 13.3. The van der Waals surface area contributed by atoms with Crippen LogP contribution in [-0.2, 0) is 16.6 Å². The summed E-state index contributed by atoms with van der Waals surface area (Å²) in [4.78, 5) is 4.25. The molecule has 6 nitrogen and oxygen atoms in total. The third-order valence-electron chi connectivity index (χ3n) is 4.09. The Balaban J connectivity index is 1.80. The largest absolute Gasteiger partial charge is 0.444 e. The number of hydrogen-bond donors (Lipinski definition) is 0. The molecule has 0 unspecified atom stereocenters. The van der Waals surface area contributed by atoms with Gasteiger partial charge in [-0.1, -0.05) is 12.1 Å². The fraction of sp³-hybridized carbons (Fsp3) is 0.438. The Hall–Kier alpha value is -1.77. The van der Waals surface area contributed by atoms with Crippen LogP contribution >= 0.6 is 0 Å². The van der Waals surface area contributed by atoms with E-state index in [4.69, 9.17) is 4.42 Å². The average Bonchev–Trinajstić information content (AvgIpc) is 3.15. The molecule has 24 heavy (non-hydrogen) atoms. The maximum Gasteiger partial charge on any atom is 0.282 e. The molecule has 0 spiro atoms. The molecule has 8 heteroatoms. The minimum atomic E-state index is -3.51. The number of benzene rings is 1. The van der Waals surface area contributed by atoms with Crippen molar-refractivity contribution in [1.29, 1.82) is 0 Å². The van der Waals surface area contributed by atoms with Crippen LogP contribution in [0.25, 0.3) is 0 Å². The molecule has 0 N–H and O–H groups in total. The van der Waals surface area contributed by atoms with Gasteiger partial charge >= 0.3 is 0 Å². The Morgan fingerprint density at radius 1 is 1.42 bits per heavy atom. The van der Waals surface area contributed by atoms with Crippen molar-refractivity contribution < 1.29 is 17.2 Å². The lowest BCUT2D eigenvalue weighted by Gasteiger charge is -2.25. The van der Waals surface area contributed by atoms with Crippen molar-refractivity contribution >= 4 is 10.2 Å². The molecule has 130 valence electrons. The van der Waals surface area contributed by atoms with Crippen LogP contribution in [0.3, 0.4) is 0 Å². The zero-order valence-corrected chi connectivity index (χ0v) is 14.5. The van der Waals surface area contributed by atoms with E-state index in [1.807, 2.05) is 6.07 Å². The predicted octanol–water partition coefficient (Wildman–Crippen LogP) is 2.35. The third kappa shape index (κ3) is 3.35. The fourth-order valence-corrected chi connectivity index (χ4v) is 4.18. The third-order valence-corrected chi connectivity index (χ3v) is 6.04. The first kappa shape index (κ1) is 17.1. The predicted molar refractivity (Wildman–Crippen MR) is 87.0 cm³/mol. The highest BCUT2D eigenvalue weighted by atomic mass is 32.2. The molecule has 1 aliphatic rings. The normalized spacial score (nSPS) is 19.2. The van der Waals surface area contributed by atoms with Gasteiger partial charge in [0.25, 0.3) is 10.2 Å². The van der Waals surface area contributed by atoms with E-state index in [9.17, 15) is 12.8 Å². The molecule has 0 bridgehead atoms. The summed E-state index contributed by atoms with van der Waals surface area (Å²) in [5.74, 6) is 0.681. The number of halogens is 1. The monoisotopic (exact) mass is 353 g/mol. The van der Waals surface area contributed by atoms with Crippen LogP contribution < -0.4 is 0 Å². The van der Waals surface area contributed by atoms with E-state index in [2.05, 4.69) is 4.98 Å². The van der Waals surface area contributed by atoms with E-state index in [1.165, 1.54) is 34.8 Å². The minimum absolute atomic E-state index is 0.300. The molecule has 2 aromatic rings. The first-order chi connectivity index (χ1) is 11.4. The van der Waals surface area contributed by atoms with E-state index in [-0.39, 0.29) is 5.82 Å². The van der Waals surface area contributed by atoms with Gasteiger partial charge < -0.3 is 4.42 Å². The summed E-state index contributed by atoms with van der Waals surface area (Å²) < 4.78 is 46.4. The van der Waals surface area contributed by atoms with Crippen molar-refractivity contribution in [3.63, 3.8) is 0 Å². The quantitative estimate of drug-likeness (QED) is 0.828. The van der Waals surface area contributed by atoms with Crippen LogP contribution in [0.1, 0.15) is 36.1 Å². The Bertz CT molecular complexity index is 819. The topological polar surface area (TPSA) is 66.7 Å². The van der Waals surface area contributed by atoms with Crippen molar-refractivity contribution in [3.8, 4) is 0 Å². The highest BCUT2D eigenvalue weighted by Gasteiger charge is 2.39. The molecule has 0 radical (unpaired) electrons. The molecule has 1 fully saturated rings. The highest BCUT2D eigenvalue weighted by Crippen LogP contribution is 2.34. The smallest absolute Gasteiger partial charge is 0.282 e. The molecule has 1 atom stereocenters. The minimum Gasteiger partial charge on any atom is -0.444 e. The van der Waals surface area contributed by atoms with Crippen molar-refractivity contribution in [1.82, 2.24) is 13.6 Å². The summed E-state index contributed by atoms with van der Waals surface area (Å²) >= 11 is 0. The first-order valence-electron chi connectivity index (χ1n) is 7.76. The number of nitrogens with zero attached hydrogens (tertiary/aromatic N) is 3. The molecule has 0 aliphatic carbocycles. The second kappa shape index (κ2) is 6.62. The van der Waals surface area contributed by atoms with Crippen LogP contribution in [0.5, 0.6) is 0 Å². The lowest BCUT2D eigenvalue weighted by atomic mass is 10.1. The summed E-state index contributed by atoms with van der Waals surface area (Å²) in [5, 5.41) is 0. The Labute approximate surface area is 141 Å². The van der Waals surface area contributed by atoms with Gasteiger partial charge in [0.1, 0.15) is 17.6 Å². The van der Waals surface area contributed by atoms with Crippen LogP contribution in [0, 0.1) is 5.82 Å². The van der Waals surface area contributed by atoms with Gasteiger partial charge in [0, 0.05) is 27.1 Å². The SMILES string of the molecule is CN(C)S(=O)(=O)N1CCC[C@@H]1c1ncc(Cc2cccc(F)c2)o1. The Morgan fingerprint density at radius 2 is 2.21 bits per heavy atom. The Kier molecular flexibility index (Phi) is 4.71. The van der Waals surface area contributed by atoms with E-state index < -0.39 is 16.3 Å². The second-order valence-corrected chi connectivity index (χ2v) is 8.13. The van der Waals surface area contributed by atoms with Crippen molar-refractivity contribution in [2.24, 2.45) is 0 Å². The average molecular weight is 353 g/mol. The number of oxazole rings is 1. The molecule has 3 rings (SSSR count). The van der Waals surface area contributed by atoms with E-state index in [1.54, 1.807) is 12.3 Å². The van der Waals surface area contributed by atoms with Gasteiger partial charge in [-0.15, -0.1) is 0 Å². The maximum absolute atomic E-state index is 13.3. The molecule has 0 amide bonds. The zero-order chi connectivity index (χ0) is 17.3. The van der Waals surface area contributed by atoms with E-state index in [0.29, 0.717) is 31.0 Å². The summed E-state index contributed by atoms with van der Waals surface area (Å²) in [6.45, 7) is 0.451. The molecule has 1 aliphatic heterocycles. The van der Waals surface area contributed by atoms with Gasteiger partial charge in [0.05, 0.1) is 6.20 Å². The molecule has 0 saturated carbocycles. The van der Waals surface area contributed by atoms with Crippen LogP contribution in [0.4, 0.5) is 4.39 Å². The summed E-state index contributed by atoms with van der Waals surface area (Å²) in [5.41, 5.74) is 0.780. The lowest BCUT2D eigenvalue weighted by molar-refractivity contribution is 0.306. The van der Waals surface area contributed by atoms with Crippen molar-refractivity contribution in [3.05, 3.63) is 53.5 Å². The molecule has 1 saturated heterocycles. The summed E-state index contributed by atoms with van der Waals surface area (Å²) in [6, 6.07) is 5.89. The van der Waals surface area contributed by atoms with E-state index in [0.717, 1.165) is 12.0 Å². The number of rotatable bonds is 5. The second-order valence-electron chi connectivity index (χ2n) is 6.03.